The zero-order valence-corrected chi connectivity index (χ0v) is 13.2. The molecule has 1 aliphatic heterocycles. The zero-order valence-electron chi connectivity index (χ0n) is 13.2. The van der Waals surface area contributed by atoms with Crippen molar-refractivity contribution in [3.8, 4) is 0 Å². The summed E-state index contributed by atoms with van der Waals surface area (Å²) in [5.74, 6) is 2.17. The van der Waals surface area contributed by atoms with Crippen LogP contribution in [0.4, 0.5) is 0 Å². The Hall–Kier alpha value is -0.610. The van der Waals surface area contributed by atoms with E-state index in [1.54, 1.807) is 0 Å². The van der Waals surface area contributed by atoms with Crippen LogP contribution in [0.5, 0.6) is 0 Å². The van der Waals surface area contributed by atoms with Gasteiger partial charge in [0.05, 0.1) is 13.2 Å². The van der Waals surface area contributed by atoms with E-state index in [2.05, 4.69) is 24.1 Å². The molecule has 0 aromatic heterocycles. The summed E-state index contributed by atoms with van der Waals surface area (Å²) in [5, 5.41) is 3.71. The summed E-state index contributed by atoms with van der Waals surface area (Å²) in [6.45, 7) is 10.5. The lowest BCUT2D eigenvalue weighted by Crippen LogP contribution is -2.52. The van der Waals surface area contributed by atoms with Crippen molar-refractivity contribution in [2.24, 2.45) is 17.8 Å². The highest BCUT2D eigenvalue weighted by Gasteiger charge is 2.31. The summed E-state index contributed by atoms with van der Waals surface area (Å²) in [5.41, 5.74) is 0. The molecule has 116 valence electrons. The first-order valence-corrected chi connectivity index (χ1v) is 8.19. The summed E-state index contributed by atoms with van der Waals surface area (Å²) >= 11 is 0. The van der Waals surface area contributed by atoms with Crippen molar-refractivity contribution in [1.82, 2.24) is 10.2 Å². The normalized spacial score (nSPS) is 27.8. The minimum absolute atomic E-state index is 0.0853. The van der Waals surface area contributed by atoms with Gasteiger partial charge in [-0.15, -0.1) is 0 Å². The number of hydrogen-bond acceptors (Lipinski definition) is 4. The number of rotatable bonds is 7. The number of nitrogens with one attached hydrogen (secondary N) is 1. The fourth-order valence-electron chi connectivity index (χ4n) is 3.04. The van der Waals surface area contributed by atoms with Crippen molar-refractivity contribution in [3.05, 3.63) is 0 Å². The molecule has 2 unspecified atom stereocenters. The number of esters is 1. The highest BCUT2D eigenvalue weighted by atomic mass is 16.5. The second kappa shape index (κ2) is 7.41. The van der Waals surface area contributed by atoms with Gasteiger partial charge in [-0.05, 0) is 50.5 Å². The molecule has 0 amide bonds. The van der Waals surface area contributed by atoms with E-state index >= 15 is 0 Å². The molecule has 1 aliphatic carbocycles. The van der Waals surface area contributed by atoms with E-state index < -0.39 is 0 Å². The molecule has 0 bridgehead atoms. The maximum atomic E-state index is 11.7. The fraction of sp³-hybridized carbons (Fsp3) is 0.938. The Morgan fingerprint density at radius 3 is 2.70 bits per heavy atom. The van der Waals surface area contributed by atoms with Crippen LogP contribution in [0.25, 0.3) is 0 Å². The molecule has 0 aromatic carbocycles. The van der Waals surface area contributed by atoms with Crippen LogP contribution in [-0.2, 0) is 9.53 Å². The molecular formula is C16H30N2O2. The summed E-state index contributed by atoms with van der Waals surface area (Å²) in [7, 11) is 0. The van der Waals surface area contributed by atoms with Crippen LogP contribution >= 0.6 is 0 Å². The monoisotopic (exact) mass is 282 g/mol. The van der Waals surface area contributed by atoms with Crippen molar-refractivity contribution in [3.63, 3.8) is 0 Å². The van der Waals surface area contributed by atoms with Crippen molar-refractivity contribution < 1.29 is 9.53 Å². The van der Waals surface area contributed by atoms with Crippen LogP contribution in [-0.4, -0.2) is 49.7 Å². The third-order valence-corrected chi connectivity index (χ3v) is 4.55. The average molecular weight is 282 g/mol. The average Bonchev–Trinajstić information content (AvgIpc) is 3.20. The van der Waals surface area contributed by atoms with E-state index in [1.807, 2.05) is 6.92 Å². The Bertz CT molecular complexity index is 316. The molecule has 1 N–H and O–H groups in total. The lowest BCUT2D eigenvalue weighted by atomic mass is 9.85. The Morgan fingerprint density at radius 1 is 1.35 bits per heavy atom. The van der Waals surface area contributed by atoms with Crippen molar-refractivity contribution >= 4 is 5.97 Å². The number of ether oxygens (including phenoxy) is 1. The van der Waals surface area contributed by atoms with Crippen LogP contribution in [0.15, 0.2) is 0 Å². The Labute approximate surface area is 123 Å². The van der Waals surface area contributed by atoms with Gasteiger partial charge in [-0.25, -0.2) is 0 Å². The fourth-order valence-corrected chi connectivity index (χ4v) is 3.04. The minimum atomic E-state index is -0.0853. The predicted octanol–water partition coefficient (Wildman–Crippen LogP) is 1.90. The minimum Gasteiger partial charge on any atom is -0.465 e. The molecule has 1 saturated carbocycles. The van der Waals surface area contributed by atoms with Gasteiger partial charge in [-0.3, -0.25) is 9.69 Å². The molecule has 4 heteroatoms. The van der Waals surface area contributed by atoms with Crippen molar-refractivity contribution in [2.75, 3.05) is 32.8 Å². The second-order valence-corrected chi connectivity index (χ2v) is 6.79. The zero-order chi connectivity index (χ0) is 14.5. The molecule has 2 fully saturated rings. The molecule has 0 aromatic rings. The van der Waals surface area contributed by atoms with Gasteiger partial charge in [0, 0.05) is 19.1 Å². The lowest BCUT2D eigenvalue weighted by Gasteiger charge is -2.39. The standard InChI is InChI=1S/C16H30N2O2/c1-4-20-16(19)11-18-9-14(12(2)3)7-15(10-18)17-8-13-5-6-13/h12-15,17H,4-11H2,1-3H3. The number of carbonyl (C=O) groups is 1. The number of piperidine rings is 1. The van der Waals surface area contributed by atoms with Crippen LogP contribution in [0.1, 0.15) is 40.0 Å². The van der Waals surface area contributed by atoms with Crippen molar-refractivity contribution in [1.29, 1.82) is 0 Å². The number of likely N-dealkylation sites (tertiary alicyclic amines) is 1. The van der Waals surface area contributed by atoms with Gasteiger partial charge in [0.2, 0.25) is 0 Å². The maximum Gasteiger partial charge on any atom is 0.320 e. The van der Waals surface area contributed by atoms with Gasteiger partial charge in [-0.1, -0.05) is 13.8 Å². The molecule has 0 radical (unpaired) electrons. The molecule has 2 aliphatic rings. The highest BCUT2D eigenvalue weighted by Crippen LogP contribution is 2.29. The van der Waals surface area contributed by atoms with E-state index in [-0.39, 0.29) is 5.97 Å². The Morgan fingerprint density at radius 2 is 2.10 bits per heavy atom. The quantitative estimate of drug-likeness (QED) is 0.724. The SMILES string of the molecule is CCOC(=O)CN1CC(NCC2CC2)CC(C(C)C)C1. The second-order valence-electron chi connectivity index (χ2n) is 6.79. The molecular weight excluding hydrogens is 252 g/mol. The van der Waals surface area contributed by atoms with Gasteiger partial charge in [0.25, 0.3) is 0 Å². The lowest BCUT2D eigenvalue weighted by molar-refractivity contribution is -0.145. The summed E-state index contributed by atoms with van der Waals surface area (Å²) in [6, 6.07) is 0.533. The summed E-state index contributed by atoms with van der Waals surface area (Å²) < 4.78 is 5.08. The number of carbonyl (C=O) groups excluding carboxylic acids is 1. The van der Waals surface area contributed by atoms with Crippen molar-refractivity contribution in [2.45, 2.75) is 46.1 Å². The third kappa shape index (κ3) is 5.06. The Kier molecular flexibility index (Phi) is 5.85. The Balaban J connectivity index is 1.83. The maximum absolute atomic E-state index is 11.7. The predicted molar refractivity (Wildman–Crippen MR) is 80.5 cm³/mol. The first-order valence-electron chi connectivity index (χ1n) is 8.19. The van der Waals surface area contributed by atoms with E-state index in [0.717, 1.165) is 25.6 Å². The molecule has 0 spiro atoms. The summed E-state index contributed by atoms with van der Waals surface area (Å²) in [4.78, 5) is 14.0. The van der Waals surface area contributed by atoms with Gasteiger partial charge in [-0.2, -0.15) is 0 Å². The van der Waals surface area contributed by atoms with Crippen LogP contribution in [0, 0.1) is 17.8 Å². The number of nitrogens with zero attached hydrogens (tertiary/aromatic N) is 1. The van der Waals surface area contributed by atoms with E-state index in [9.17, 15) is 4.79 Å². The first-order chi connectivity index (χ1) is 9.58. The van der Waals surface area contributed by atoms with E-state index in [0.29, 0.717) is 31.0 Å². The van der Waals surface area contributed by atoms with Crippen LogP contribution < -0.4 is 5.32 Å². The van der Waals surface area contributed by atoms with Gasteiger partial charge in [0.15, 0.2) is 0 Å². The van der Waals surface area contributed by atoms with E-state index in [1.165, 1.54) is 19.3 Å². The van der Waals surface area contributed by atoms with Gasteiger partial charge in [0.1, 0.15) is 0 Å². The topological polar surface area (TPSA) is 41.6 Å². The molecule has 1 saturated heterocycles. The van der Waals surface area contributed by atoms with Gasteiger partial charge < -0.3 is 10.1 Å². The smallest absolute Gasteiger partial charge is 0.320 e. The molecule has 20 heavy (non-hydrogen) atoms. The molecule has 1 heterocycles. The van der Waals surface area contributed by atoms with Gasteiger partial charge >= 0.3 is 5.97 Å². The third-order valence-electron chi connectivity index (χ3n) is 4.55. The largest absolute Gasteiger partial charge is 0.465 e. The van der Waals surface area contributed by atoms with E-state index in [4.69, 9.17) is 4.74 Å². The first kappa shape index (κ1) is 15.8. The van der Waals surface area contributed by atoms with Crippen LogP contribution in [0.3, 0.4) is 0 Å². The summed E-state index contributed by atoms with van der Waals surface area (Å²) in [6.07, 6.45) is 4.02. The van der Waals surface area contributed by atoms with Crippen LogP contribution in [0.2, 0.25) is 0 Å². The molecule has 4 nitrogen and oxygen atoms in total. The molecule has 2 atom stereocenters. The highest BCUT2D eigenvalue weighted by molar-refractivity contribution is 5.71. The molecule has 2 rings (SSSR count). The number of hydrogen-bond donors (Lipinski definition) is 1.